The molecule has 2 heterocycles. The molecule has 0 saturated carbocycles. The van der Waals surface area contributed by atoms with Gasteiger partial charge in [-0.2, -0.15) is 4.98 Å². The van der Waals surface area contributed by atoms with Crippen molar-refractivity contribution in [2.45, 2.75) is 25.9 Å². The van der Waals surface area contributed by atoms with Gasteiger partial charge in [-0.1, -0.05) is 11.2 Å². The van der Waals surface area contributed by atoms with E-state index in [-0.39, 0.29) is 12.0 Å². The summed E-state index contributed by atoms with van der Waals surface area (Å²) in [6, 6.07) is 7.31. The fourth-order valence-corrected chi connectivity index (χ4v) is 2.15. The van der Waals surface area contributed by atoms with Crippen molar-refractivity contribution in [1.82, 2.24) is 10.1 Å². The Labute approximate surface area is 116 Å². The van der Waals surface area contributed by atoms with Gasteiger partial charge in [0.05, 0.1) is 0 Å². The van der Waals surface area contributed by atoms with Gasteiger partial charge in [-0.15, -0.1) is 0 Å². The number of benzene rings is 1. The van der Waals surface area contributed by atoms with Gasteiger partial charge in [0.2, 0.25) is 0 Å². The molecule has 6 heteroatoms. The first kappa shape index (κ1) is 12.8. The molecule has 20 heavy (non-hydrogen) atoms. The van der Waals surface area contributed by atoms with Crippen molar-refractivity contribution < 1.29 is 14.1 Å². The van der Waals surface area contributed by atoms with Crippen LogP contribution in [0.5, 0.6) is 0 Å². The van der Waals surface area contributed by atoms with Crippen molar-refractivity contribution in [3.63, 3.8) is 0 Å². The Bertz CT molecular complexity index is 618. The van der Waals surface area contributed by atoms with E-state index in [1.807, 2.05) is 18.2 Å². The van der Waals surface area contributed by atoms with Crippen LogP contribution in [0.4, 0.5) is 5.69 Å². The summed E-state index contributed by atoms with van der Waals surface area (Å²) < 4.78 is 10.5. The zero-order valence-corrected chi connectivity index (χ0v) is 11.1. The number of rotatable bonds is 3. The Kier molecular flexibility index (Phi) is 3.47. The van der Waals surface area contributed by atoms with Crippen LogP contribution in [0.2, 0.25) is 0 Å². The molecule has 0 bridgehead atoms. The van der Waals surface area contributed by atoms with Gasteiger partial charge < -0.3 is 14.6 Å². The zero-order chi connectivity index (χ0) is 13.9. The summed E-state index contributed by atoms with van der Waals surface area (Å²) in [5.41, 5.74) is 1.47. The number of ether oxygens (including phenoxy) is 1. The molecule has 3 rings (SSSR count). The third kappa shape index (κ3) is 2.70. The average molecular weight is 273 g/mol. The number of hydrogen-bond donors (Lipinski definition) is 1. The van der Waals surface area contributed by atoms with Crippen LogP contribution in [0, 0.1) is 6.92 Å². The van der Waals surface area contributed by atoms with Crippen molar-refractivity contribution in [1.29, 1.82) is 0 Å². The van der Waals surface area contributed by atoms with Gasteiger partial charge in [0, 0.05) is 17.9 Å². The number of aromatic nitrogens is 2. The molecule has 1 aliphatic rings. The maximum Gasteiger partial charge on any atom is 0.257 e. The molecule has 1 aromatic carbocycles. The van der Waals surface area contributed by atoms with Crippen LogP contribution in [-0.2, 0) is 9.53 Å². The minimum atomic E-state index is -0.343. The van der Waals surface area contributed by atoms with Crippen LogP contribution in [0.25, 0.3) is 11.5 Å². The third-order valence-electron chi connectivity index (χ3n) is 3.13. The molecule has 6 nitrogen and oxygen atoms in total. The van der Waals surface area contributed by atoms with E-state index in [2.05, 4.69) is 15.5 Å². The molecule has 1 aliphatic heterocycles. The van der Waals surface area contributed by atoms with Crippen LogP contribution >= 0.6 is 0 Å². The zero-order valence-electron chi connectivity index (χ0n) is 11.1. The highest BCUT2D eigenvalue weighted by molar-refractivity contribution is 5.94. The Morgan fingerprint density at radius 1 is 1.45 bits per heavy atom. The molecule has 0 radical (unpaired) electrons. The number of anilines is 1. The minimum absolute atomic E-state index is 0.110. The maximum absolute atomic E-state index is 12.0. The van der Waals surface area contributed by atoms with Gasteiger partial charge >= 0.3 is 0 Å². The van der Waals surface area contributed by atoms with Gasteiger partial charge in [-0.25, -0.2) is 0 Å². The summed E-state index contributed by atoms with van der Waals surface area (Å²) in [5.74, 6) is 0.908. The van der Waals surface area contributed by atoms with Crippen molar-refractivity contribution in [2.75, 3.05) is 11.9 Å². The monoisotopic (exact) mass is 273 g/mol. The summed E-state index contributed by atoms with van der Waals surface area (Å²) in [5, 5.41) is 6.60. The fraction of sp³-hybridized carbons (Fsp3) is 0.357. The molecule has 1 amide bonds. The lowest BCUT2D eigenvalue weighted by molar-refractivity contribution is -0.124. The van der Waals surface area contributed by atoms with Crippen LogP contribution < -0.4 is 5.32 Å². The average Bonchev–Trinajstić information content (AvgIpc) is 3.10. The van der Waals surface area contributed by atoms with E-state index < -0.39 is 0 Å². The lowest BCUT2D eigenvalue weighted by atomic mass is 10.2. The van der Waals surface area contributed by atoms with Crippen molar-refractivity contribution >= 4 is 11.6 Å². The van der Waals surface area contributed by atoms with Gasteiger partial charge in [-0.05, 0) is 38.0 Å². The third-order valence-corrected chi connectivity index (χ3v) is 3.13. The second kappa shape index (κ2) is 5.42. The highest BCUT2D eigenvalue weighted by Gasteiger charge is 2.23. The van der Waals surface area contributed by atoms with Gasteiger partial charge in [0.15, 0.2) is 5.82 Å². The molecule has 1 saturated heterocycles. The summed E-state index contributed by atoms with van der Waals surface area (Å²) >= 11 is 0. The SMILES string of the molecule is Cc1noc(-c2cccc(NC(=O)C3CCCO3)c2)n1. The maximum atomic E-state index is 12.0. The molecular weight excluding hydrogens is 258 g/mol. The van der Waals surface area contributed by atoms with E-state index in [9.17, 15) is 4.79 Å². The highest BCUT2D eigenvalue weighted by Crippen LogP contribution is 2.22. The first-order valence-electron chi connectivity index (χ1n) is 6.55. The van der Waals surface area contributed by atoms with E-state index >= 15 is 0 Å². The molecule has 104 valence electrons. The molecule has 1 unspecified atom stereocenters. The normalized spacial score (nSPS) is 18.1. The lowest BCUT2D eigenvalue weighted by Crippen LogP contribution is -2.26. The van der Waals surface area contributed by atoms with Crippen molar-refractivity contribution in [2.24, 2.45) is 0 Å². The van der Waals surface area contributed by atoms with Crippen LogP contribution in [-0.4, -0.2) is 28.8 Å². The summed E-state index contributed by atoms with van der Waals surface area (Å²) in [6.45, 7) is 2.41. The Morgan fingerprint density at radius 2 is 2.35 bits per heavy atom. The second-order valence-corrected chi connectivity index (χ2v) is 4.72. The first-order chi connectivity index (χ1) is 9.72. The number of amides is 1. The smallest absolute Gasteiger partial charge is 0.257 e. The largest absolute Gasteiger partial charge is 0.368 e. The topological polar surface area (TPSA) is 77.2 Å². The van der Waals surface area contributed by atoms with E-state index in [0.717, 1.165) is 18.4 Å². The number of nitrogens with one attached hydrogen (secondary N) is 1. The van der Waals surface area contributed by atoms with Gasteiger partial charge in [-0.3, -0.25) is 4.79 Å². The Balaban J connectivity index is 1.75. The second-order valence-electron chi connectivity index (χ2n) is 4.72. The molecule has 1 fully saturated rings. The molecule has 1 aromatic heterocycles. The Morgan fingerprint density at radius 3 is 3.05 bits per heavy atom. The number of carbonyl (C=O) groups is 1. The van der Waals surface area contributed by atoms with Crippen LogP contribution in [0.15, 0.2) is 28.8 Å². The predicted molar refractivity (Wildman–Crippen MR) is 72.1 cm³/mol. The van der Waals surface area contributed by atoms with Gasteiger partial charge in [0.1, 0.15) is 6.10 Å². The molecule has 0 spiro atoms. The van der Waals surface area contributed by atoms with E-state index in [4.69, 9.17) is 9.26 Å². The van der Waals surface area contributed by atoms with Crippen molar-refractivity contribution in [3.8, 4) is 11.5 Å². The molecule has 1 N–H and O–H groups in total. The summed E-state index contributed by atoms with van der Waals surface area (Å²) in [7, 11) is 0. The summed E-state index contributed by atoms with van der Waals surface area (Å²) in [4.78, 5) is 16.1. The standard InChI is InChI=1S/C14H15N3O3/c1-9-15-14(20-17-9)10-4-2-5-11(8-10)16-13(18)12-6-3-7-19-12/h2,4-5,8,12H,3,6-7H2,1H3,(H,16,18). The molecule has 2 aromatic rings. The first-order valence-corrected chi connectivity index (χ1v) is 6.55. The predicted octanol–water partition coefficient (Wildman–Crippen LogP) is 2.16. The van der Waals surface area contributed by atoms with E-state index in [1.165, 1.54) is 0 Å². The molecule has 1 atom stereocenters. The molecular formula is C14H15N3O3. The fourth-order valence-electron chi connectivity index (χ4n) is 2.15. The lowest BCUT2D eigenvalue weighted by Gasteiger charge is -2.10. The number of aryl methyl sites for hydroxylation is 1. The number of nitrogens with zero attached hydrogens (tertiary/aromatic N) is 2. The molecule has 0 aliphatic carbocycles. The Hall–Kier alpha value is -2.21. The van der Waals surface area contributed by atoms with Gasteiger partial charge in [0.25, 0.3) is 11.8 Å². The number of hydrogen-bond acceptors (Lipinski definition) is 5. The number of carbonyl (C=O) groups excluding carboxylic acids is 1. The van der Waals surface area contributed by atoms with E-state index in [1.54, 1.807) is 13.0 Å². The minimum Gasteiger partial charge on any atom is -0.368 e. The quantitative estimate of drug-likeness (QED) is 0.927. The van der Waals surface area contributed by atoms with Crippen LogP contribution in [0.1, 0.15) is 18.7 Å². The van der Waals surface area contributed by atoms with Crippen LogP contribution in [0.3, 0.4) is 0 Å². The van der Waals surface area contributed by atoms with E-state index in [0.29, 0.717) is 24.0 Å². The van der Waals surface area contributed by atoms with Crippen molar-refractivity contribution in [3.05, 3.63) is 30.1 Å². The highest BCUT2D eigenvalue weighted by atomic mass is 16.5. The summed E-state index contributed by atoms with van der Waals surface area (Å²) in [6.07, 6.45) is 1.36.